The van der Waals surface area contributed by atoms with Crippen molar-refractivity contribution in [2.45, 2.75) is 38.8 Å². The molecular weight excluding hydrogens is 306 g/mol. The summed E-state index contributed by atoms with van der Waals surface area (Å²) in [6.07, 6.45) is 3.84. The number of aromatic nitrogens is 2. The van der Waals surface area contributed by atoms with Gasteiger partial charge in [0.25, 0.3) is 0 Å². The predicted octanol–water partition coefficient (Wildman–Crippen LogP) is 1.81. The Morgan fingerprint density at radius 2 is 2.21 bits per heavy atom. The van der Waals surface area contributed by atoms with Crippen molar-refractivity contribution in [2.24, 2.45) is 0 Å². The number of likely N-dealkylation sites (tertiary alicyclic amines) is 1. The summed E-state index contributed by atoms with van der Waals surface area (Å²) in [5, 5.41) is 4.81. The van der Waals surface area contributed by atoms with Gasteiger partial charge in [-0.3, -0.25) is 14.3 Å². The standard InChI is InChI=1S/C18H23N3O3/c1-2-24-14-6-5-10-20(13-14)18(23)9-11-21-16-8-4-3-7-15(16)17(22)12-19-21/h3-4,7-8,12,14H,2,5-6,9-11,13H2,1H3/t14-/m1/s1. The van der Waals surface area contributed by atoms with E-state index in [1.807, 2.05) is 30.0 Å². The SMILES string of the molecule is CCO[C@@H]1CCCN(C(=O)CCn2ncc(=O)c3ccccc32)C1. The summed E-state index contributed by atoms with van der Waals surface area (Å²) in [7, 11) is 0. The molecule has 0 aliphatic carbocycles. The van der Waals surface area contributed by atoms with Gasteiger partial charge in [-0.25, -0.2) is 0 Å². The molecule has 2 heterocycles. The van der Waals surface area contributed by atoms with E-state index in [0.29, 0.717) is 31.5 Å². The maximum atomic E-state index is 12.5. The van der Waals surface area contributed by atoms with Gasteiger partial charge in [0.05, 0.1) is 24.4 Å². The van der Waals surface area contributed by atoms with Gasteiger partial charge in [-0.2, -0.15) is 5.10 Å². The molecule has 1 aliphatic rings. The molecule has 1 atom stereocenters. The largest absolute Gasteiger partial charge is 0.377 e. The van der Waals surface area contributed by atoms with Crippen molar-refractivity contribution in [3.63, 3.8) is 0 Å². The normalized spacial score (nSPS) is 18.0. The van der Waals surface area contributed by atoms with Crippen molar-refractivity contribution in [3.05, 3.63) is 40.7 Å². The van der Waals surface area contributed by atoms with E-state index in [2.05, 4.69) is 5.10 Å². The number of piperidine rings is 1. The van der Waals surface area contributed by atoms with Crippen LogP contribution >= 0.6 is 0 Å². The van der Waals surface area contributed by atoms with Crippen molar-refractivity contribution in [2.75, 3.05) is 19.7 Å². The van der Waals surface area contributed by atoms with Crippen molar-refractivity contribution in [1.82, 2.24) is 14.7 Å². The van der Waals surface area contributed by atoms with Crippen molar-refractivity contribution >= 4 is 16.8 Å². The fraction of sp³-hybridized carbons (Fsp3) is 0.500. The van der Waals surface area contributed by atoms with Gasteiger partial charge in [-0.15, -0.1) is 0 Å². The number of benzene rings is 1. The lowest BCUT2D eigenvalue weighted by atomic mass is 10.1. The molecule has 3 rings (SSSR count). The molecule has 0 bridgehead atoms. The maximum Gasteiger partial charge on any atom is 0.224 e. The first kappa shape index (κ1) is 16.6. The summed E-state index contributed by atoms with van der Waals surface area (Å²) in [5.74, 6) is 0.115. The number of para-hydroxylation sites is 1. The molecule has 0 radical (unpaired) electrons. The second-order valence-electron chi connectivity index (χ2n) is 6.06. The van der Waals surface area contributed by atoms with Crippen LogP contribution in [0.25, 0.3) is 10.9 Å². The highest BCUT2D eigenvalue weighted by atomic mass is 16.5. The molecule has 6 heteroatoms. The van der Waals surface area contributed by atoms with E-state index in [-0.39, 0.29) is 17.4 Å². The van der Waals surface area contributed by atoms with E-state index >= 15 is 0 Å². The van der Waals surface area contributed by atoms with Gasteiger partial charge in [-0.1, -0.05) is 12.1 Å². The molecule has 128 valence electrons. The average Bonchev–Trinajstić information content (AvgIpc) is 2.62. The summed E-state index contributed by atoms with van der Waals surface area (Å²) in [5.41, 5.74) is 0.674. The number of nitrogens with zero attached hydrogens (tertiary/aromatic N) is 3. The van der Waals surface area contributed by atoms with Gasteiger partial charge >= 0.3 is 0 Å². The number of aryl methyl sites for hydroxylation is 1. The number of carbonyl (C=O) groups excluding carboxylic acids is 1. The number of fused-ring (bicyclic) bond motifs is 1. The quantitative estimate of drug-likeness (QED) is 0.839. The number of hydrogen-bond acceptors (Lipinski definition) is 4. The Kier molecular flexibility index (Phi) is 5.25. The first-order valence-corrected chi connectivity index (χ1v) is 8.53. The minimum atomic E-state index is -0.0937. The predicted molar refractivity (Wildman–Crippen MR) is 91.8 cm³/mol. The summed E-state index contributed by atoms with van der Waals surface area (Å²) >= 11 is 0. The number of carbonyl (C=O) groups is 1. The Morgan fingerprint density at radius 1 is 1.38 bits per heavy atom. The zero-order valence-corrected chi connectivity index (χ0v) is 14.0. The number of amides is 1. The molecular formula is C18H23N3O3. The Labute approximate surface area is 141 Å². The molecule has 0 unspecified atom stereocenters. The van der Waals surface area contributed by atoms with Crippen LogP contribution in [0, 0.1) is 0 Å². The van der Waals surface area contributed by atoms with Crippen LogP contribution in [0.1, 0.15) is 26.2 Å². The van der Waals surface area contributed by atoms with E-state index < -0.39 is 0 Å². The van der Waals surface area contributed by atoms with Crippen LogP contribution in [0.3, 0.4) is 0 Å². The molecule has 0 N–H and O–H groups in total. The molecule has 1 fully saturated rings. The van der Waals surface area contributed by atoms with Gasteiger partial charge in [0.2, 0.25) is 11.3 Å². The maximum absolute atomic E-state index is 12.5. The average molecular weight is 329 g/mol. The second kappa shape index (κ2) is 7.57. The summed E-state index contributed by atoms with van der Waals surface area (Å²) in [4.78, 5) is 26.2. The van der Waals surface area contributed by atoms with E-state index in [9.17, 15) is 9.59 Å². The number of ether oxygens (including phenoxy) is 1. The monoisotopic (exact) mass is 329 g/mol. The van der Waals surface area contributed by atoms with E-state index in [1.54, 1.807) is 10.7 Å². The van der Waals surface area contributed by atoms with Gasteiger partial charge in [0.1, 0.15) is 0 Å². The molecule has 6 nitrogen and oxygen atoms in total. The van der Waals surface area contributed by atoms with Crippen LogP contribution in [-0.2, 0) is 16.1 Å². The Balaban J connectivity index is 1.66. The van der Waals surface area contributed by atoms with Crippen LogP contribution in [-0.4, -0.2) is 46.4 Å². The number of rotatable bonds is 5. The molecule has 1 aliphatic heterocycles. The smallest absolute Gasteiger partial charge is 0.224 e. The highest BCUT2D eigenvalue weighted by Gasteiger charge is 2.23. The van der Waals surface area contributed by atoms with Crippen molar-refractivity contribution < 1.29 is 9.53 Å². The molecule has 1 aromatic heterocycles. The van der Waals surface area contributed by atoms with Gasteiger partial charge in [-0.05, 0) is 31.9 Å². The highest BCUT2D eigenvalue weighted by molar-refractivity contribution is 5.79. The fourth-order valence-corrected chi connectivity index (χ4v) is 3.24. The van der Waals surface area contributed by atoms with Crippen molar-refractivity contribution in [1.29, 1.82) is 0 Å². The molecule has 1 aromatic carbocycles. The molecule has 0 spiro atoms. The Hall–Kier alpha value is -2.21. The Morgan fingerprint density at radius 3 is 3.04 bits per heavy atom. The van der Waals surface area contributed by atoms with Crippen LogP contribution in [0.2, 0.25) is 0 Å². The van der Waals surface area contributed by atoms with Gasteiger partial charge < -0.3 is 9.64 Å². The third kappa shape index (κ3) is 3.64. The zero-order valence-electron chi connectivity index (χ0n) is 14.0. The fourth-order valence-electron chi connectivity index (χ4n) is 3.24. The van der Waals surface area contributed by atoms with Crippen LogP contribution < -0.4 is 5.43 Å². The molecule has 1 saturated heterocycles. The zero-order chi connectivity index (χ0) is 16.9. The molecule has 24 heavy (non-hydrogen) atoms. The lowest BCUT2D eigenvalue weighted by molar-refractivity contribution is -0.135. The number of hydrogen-bond donors (Lipinski definition) is 0. The van der Waals surface area contributed by atoms with Gasteiger partial charge in [0, 0.05) is 31.5 Å². The Bertz CT molecular complexity index is 769. The topological polar surface area (TPSA) is 64.4 Å². The molecule has 1 amide bonds. The minimum Gasteiger partial charge on any atom is -0.377 e. The van der Waals surface area contributed by atoms with E-state index in [4.69, 9.17) is 4.74 Å². The highest BCUT2D eigenvalue weighted by Crippen LogP contribution is 2.15. The second-order valence-corrected chi connectivity index (χ2v) is 6.06. The van der Waals surface area contributed by atoms with E-state index in [0.717, 1.165) is 24.9 Å². The summed E-state index contributed by atoms with van der Waals surface area (Å²) in [6.45, 7) is 4.59. The molecule has 2 aromatic rings. The third-order valence-electron chi connectivity index (χ3n) is 4.43. The summed E-state index contributed by atoms with van der Waals surface area (Å²) in [6, 6.07) is 7.36. The lowest BCUT2D eigenvalue weighted by Crippen LogP contribution is -2.43. The van der Waals surface area contributed by atoms with Crippen molar-refractivity contribution in [3.8, 4) is 0 Å². The first-order valence-electron chi connectivity index (χ1n) is 8.53. The van der Waals surface area contributed by atoms with Crippen LogP contribution in [0.5, 0.6) is 0 Å². The van der Waals surface area contributed by atoms with Crippen LogP contribution in [0.15, 0.2) is 35.3 Å². The van der Waals surface area contributed by atoms with E-state index in [1.165, 1.54) is 6.20 Å². The van der Waals surface area contributed by atoms with Crippen LogP contribution in [0.4, 0.5) is 0 Å². The first-order chi connectivity index (χ1) is 11.7. The lowest BCUT2D eigenvalue weighted by Gasteiger charge is -2.32. The molecule has 0 saturated carbocycles. The summed E-state index contributed by atoms with van der Waals surface area (Å²) < 4.78 is 7.39. The third-order valence-corrected chi connectivity index (χ3v) is 4.43. The minimum absolute atomic E-state index is 0.0937. The van der Waals surface area contributed by atoms with Gasteiger partial charge in [0.15, 0.2) is 0 Å².